The summed E-state index contributed by atoms with van der Waals surface area (Å²) < 4.78 is 10.8. The van der Waals surface area contributed by atoms with Crippen molar-refractivity contribution in [2.24, 2.45) is 0 Å². The zero-order chi connectivity index (χ0) is 21.1. The van der Waals surface area contributed by atoms with E-state index in [2.05, 4.69) is 15.3 Å². The average Bonchev–Trinajstić information content (AvgIpc) is 2.66. The topological polar surface area (TPSA) is 96.5 Å². The van der Waals surface area contributed by atoms with E-state index in [-0.39, 0.29) is 11.5 Å². The van der Waals surface area contributed by atoms with Crippen LogP contribution < -0.4 is 25.2 Å². The third-order valence-corrected chi connectivity index (χ3v) is 4.60. The van der Waals surface area contributed by atoms with Gasteiger partial charge in [0.15, 0.2) is 11.5 Å². The lowest BCUT2D eigenvalue weighted by atomic mass is 10.1. The van der Waals surface area contributed by atoms with Crippen LogP contribution in [0.4, 0.5) is 11.6 Å². The number of rotatable bonds is 6. The number of nitrogens with zero attached hydrogens (tertiary/aromatic N) is 2. The molecule has 1 amide bonds. The SMILES string of the molecule is COc1cc2[nH]c(N(C)Cc3cccc(NC(C)=O)c3)nc(=O)c2c(C)c1OC. The molecule has 3 aromatic rings. The Labute approximate surface area is 168 Å². The molecule has 0 saturated carbocycles. The van der Waals surface area contributed by atoms with E-state index in [0.717, 1.165) is 11.3 Å². The van der Waals surface area contributed by atoms with Gasteiger partial charge in [0, 0.05) is 37.8 Å². The van der Waals surface area contributed by atoms with Crippen LogP contribution in [0.5, 0.6) is 11.5 Å². The van der Waals surface area contributed by atoms with E-state index in [4.69, 9.17) is 9.47 Å². The van der Waals surface area contributed by atoms with Crippen LogP contribution in [-0.4, -0.2) is 37.1 Å². The maximum Gasteiger partial charge on any atom is 0.282 e. The monoisotopic (exact) mass is 396 g/mol. The lowest BCUT2D eigenvalue weighted by Gasteiger charge is -2.19. The van der Waals surface area contributed by atoms with Crippen molar-refractivity contribution in [1.82, 2.24) is 9.97 Å². The molecule has 8 heteroatoms. The molecule has 0 radical (unpaired) electrons. The van der Waals surface area contributed by atoms with Gasteiger partial charge < -0.3 is 24.7 Å². The quantitative estimate of drug-likeness (QED) is 0.665. The van der Waals surface area contributed by atoms with E-state index in [0.29, 0.717) is 40.5 Å². The van der Waals surface area contributed by atoms with Crippen molar-refractivity contribution in [3.63, 3.8) is 0 Å². The highest BCUT2D eigenvalue weighted by molar-refractivity contribution is 5.88. The summed E-state index contributed by atoms with van der Waals surface area (Å²) in [6, 6.07) is 9.25. The van der Waals surface area contributed by atoms with Crippen molar-refractivity contribution in [3.8, 4) is 11.5 Å². The number of amides is 1. The highest BCUT2D eigenvalue weighted by Crippen LogP contribution is 2.35. The fraction of sp³-hybridized carbons (Fsp3) is 0.286. The first-order valence-corrected chi connectivity index (χ1v) is 9.07. The van der Waals surface area contributed by atoms with Crippen molar-refractivity contribution >= 4 is 28.4 Å². The molecule has 2 aromatic carbocycles. The number of aromatic nitrogens is 2. The minimum atomic E-state index is -0.342. The molecule has 2 N–H and O–H groups in total. The smallest absolute Gasteiger partial charge is 0.282 e. The summed E-state index contributed by atoms with van der Waals surface area (Å²) in [5, 5.41) is 3.23. The third kappa shape index (κ3) is 4.16. The number of hydrogen-bond donors (Lipinski definition) is 2. The van der Waals surface area contributed by atoms with E-state index in [1.807, 2.05) is 36.2 Å². The molecule has 152 valence electrons. The number of fused-ring (bicyclic) bond motifs is 1. The number of benzene rings is 2. The van der Waals surface area contributed by atoms with Crippen molar-refractivity contribution < 1.29 is 14.3 Å². The number of methoxy groups -OCH3 is 2. The molecule has 0 aliphatic rings. The maximum atomic E-state index is 12.7. The fourth-order valence-electron chi connectivity index (χ4n) is 3.33. The predicted octanol–water partition coefficient (Wildman–Crippen LogP) is 2.84. The van der Waals surface area contributed by atoms with Crippen LogP contribution in [0.1, 0.15) is 18.1 Å². The molecule has 1 aromatic heterocycles. The molecule has 0 atom stereocenters. The first-order chi connectivity index (χ1) is 13.8. The summed E-state index contributed by atoms with van der Waals surface area (Å²) in [4.78, 5) is 33.2. The van der Waals surface area contributed by atoms with Crippen LogP contribution in [0.15, 0.2) is 35.1 Å². The van der Waals surface area contributed by atoms with Gasteiger partial charge in [-0.2, -0.15) is 4.98 Å². The minimum absolute atomic E-state index is 0.129. The van der Waals surface area contributed by atoms with Crippen molar-refractivity contribution in [3.05, 3.63) is 51.8 Å². The van der Waals surface area contributed by atoms with Gasteiger partial charge in [0.2, 0.25) is 11.9 Å². The first kappa shape index (κ1) is 20.2. The normalized spacial score (nSPS) is 10.7. The molecular formula is C21H24N4O4. The Morgan fingerprint density at radius 2 is 2.00 bits per heavy atom. The molecule has 1 heterocycles. The summed E-state index contributed by atoms with van der Waals surface area (Å²) in [6.07, 6.45) is 0. The van der Waals surface area contributed by atoms with Crippen LogP contribution in [-0.2, 0) is 11.3 Å². The number of H-pyrrole nitrogens is 1. The summed E-state index contributed by atoms with van der Waals surface area (Å²) in [6.45, 7) is 3.76. The molecule has 0 bridgehead atoms. The molecule has 0 saturated heterocycles. The second-order valence-electron chi connectivity index (χ2n) is 6.76. The molecule has 0 unspecified atom stereocenters. The number of aryl methyl sites for hydroxylation is 1. The van der Waals surface area contributed by atoms with Crippen LogP contribution in [0.3, 0.4) is 0 Å². The van der Waals surface area contributed by atoms with Crippen molar-refractivity contribution in [2.45, 2.75) is 20.4 Å². The fourth-order valence-corrected chi connectivity index (χ4v) is 3.33. The van der Waals surface area contributed by atoms with Gasteiger partial charge >= 0.3 is 0 Å². The van der Waals surface area contributed by atoms with Gasteiger partial charge in [0.25, 0.3) is 5.56 Å². The summed E-state index contributed by atoms with van der Waals surface area (Å²) in [5.74, 6) is 1.36. The van der Waals surface area contributed by atoms with Crippen LogP contribution in [0.2, 0.25) is 0 Å². The van der Waals surface area contributed by atoms with Gasteiger partial charge in [0.05, 0.1) is 25.1 Å². The van der Waals surface area contributed by atoms with Crippen molar-refractivity contribution in [1.29, 1.82) is 0 Å². The van der Waals surface area contributed by atoms with E-state index < -0.39 is 0 Å². The Bertz CT molecular complexity index is 1120. The van der Waals surface area contributed by atoms with Crippen LogP contribution in [0, 0.1) is 6.92 Å². The number of aromatic amines is 1. The van der Waals surface area contributed by atoms with Gasteiger partial charge in [-0.3, -0.25) is 9.59 Å². The molecule has 0 fully saturated rings. The molecule has 8 nitrogen and oxygen atoms in total. The number of nitrogens with one attached hydrogen (secondary N) is 2. The lowest BCUT2D eigenvalue weighted by molar-refractivity contribution is -0.114. The van der Waals surface area contributed by atoms with Crippen LogP contribution >= 0.6 is 0 Å². The second kappa shape index (κ2) is 8.22. The lowest BCUT2D eigenvalue weighted by Crippen LogP contribution is -2.23. The Morgan fingerprint density at radius 3 is 2.66 bits per heavy atom. The van der Waals surface area contributed by atoms with Crippen LogP contribution in [0.25, 0.3) is 10.9 Å². The second-order valence-corrected chi connectivity index (χ2v) is 6.76. The summed E-state index contributed by atoms with van der Waals surface area (Å²) in [7, 11) is 4.93. The van der Waals surface area contributed by atoms with E-state index >= 15 is 0 Å². The number of ether oxygens (including phenoxy) is 2. The van der Waals surface area contributed by atoms with Gasteiger partial charge in [-0.05, 0) is 24.6 Å². The first-order valence-electron chi connectivity index (χ1n) is 9.07. The molecule has 0 spiro atoms. The Kier molecular flexibility index (Phi) is 5.72. The Morgan fingerprint density at radius 1 is 1.24 bits per heavy atom. The van der Waals surface area contributed by atoms with Gasteiger partial charge in [-0.15, -0.1) is 0 Å². The number of anilines is 2. The van der Waals surface area contributed by atoms with Gasteiger partial charge in [-0.25, -0.2) is 0 Å². The number of carbonyl (C=O) groups is 1. The zero-order valence-electron chi connectivity index (χ0n) is 17.1. The summed E-state index contributed by atoms with van der Waals surface area (Å²) in [5.41, 5.74) is 2.63. The predicted molar refractivity (Wildman–Crippen MR) is 113 cm³/mol. The molecule has 0 aliphatic heterocycles. The maximum absolute atomic E-state index is 12.7. The van der Waals surface area contributed by atoms with E-state index in [1.165, 1.54) is 14.0 Å². The summed E-state index contributed by atoms with van der Waals surface area (Å²) >= 11 is 0. The molecule has 0 aliphatic carbocycles. The standard InChI is InChI=1S/C21H24N4O4/c1-12-18-16(10-17(28-4)19(12)29-5)23-21(24-20(18)27)25(3)11-14-7-6-8-15(9-14)22-13(2)26/h6-10H,11H2,1-5H3,(H,22,26)(H,23,24,27). The highest BCUT2D eigenvalue weighted by Gasteiger charge is 2.17. The van der Waals surface area contributed by atoms with Crippen molar-refractivity contribution in [2.75, 3.05) is 31.5 Å². The Hall–Kier alpha value is -3.55. The largest absolute Gasteiger partial charge is 0.493 e. The molecule has 29 heavy (non-hydrogen) atoms. The minimum Gasteiger partial charge on any atom is -0.493 e. The van der Waals surface area contributed by atoms with Gasteiger partial charge in [0.1, 0.15) is 0 Å². The zero-order valence-corrected chi connectivity index (χ0v) is 17.1. The van der Waals surface area contributed by atoms with E-state index in [9.17, 15) is 9.59 Å². The number of hydrogen-bond acceptors (Lipinski definition) is 6. The highest BCUT2D eigenvalue weighted by atomic mass is 16.5. The molecular weight excluding hydrogens is 372 g/mol. The van der Waals surface area contributed by atoms with E-state index in [1.54, 1.807) is 20.1 Å². The number of carbonyl (C=O) groups excluding carboxylic acids is 1. The average molecular weight is 396 g/mol. The van der Waals surface area contributed by atoms with Gasteiger partial charge in [-0.1, -0.05) is 12.1 Å². The molecule has 3 rings (SSSR count). The third-order valence-electron chi connectivity index (χ3n) is 4.60. The Balaban J connectivity index is 1.97.